The van der Waals surface area contributed by atoms with Gasteiger partial charge in [-0.2, -0.15) is 10.1 Å². The van der Waals surface area contributed by atoms with Gasteiger partial charge in [0.05, 0.1) is 4.47 Å². The third-order valence-electron chi connectivity index (χ3n) is 5.11. The van der Waals surface area contributed by atoms with Crippen LogP contribution in [0.25, 0.3) is 0 Å². The Hall–Kier alpha value is -3.19. The highest BCUT2D eigenvalue weighted by Crippen LogP contribution is 2.39. The van der Waals surface area contributed by atoms with Crippen LogP contribution >= 0.6 is 15.9 Å². The van der Waals surface area contributed by atoms with Crippen LogP contribution in [-0.4, -0.2) is 20.2 Å². The first kappa shape index (κ1) is 18.8. The highest BCUT2D eigenvalue weighted by molar-refractivity contribution is 9.10. The fourth-order valence-electron chi connectivity index (χ4n) is 3.37. The summed E-state index contributed by atoms with van der Waals surface area (Å²) in [5.41, 5.74) is 4.61. The van der Waals surface area contributed by atoms with Crippen molar-refractivity contribution in [2.45, 2.75) is 25.2 Å². The molecule has 5 rings (SSSR count). The van der Waals surface area contributed by atoms with E-state index in [1.165, 1.54) is 29.7 Å². The van der Waals surface area contributed by atoms with Gasteiger partial charge in [0.1, 0.15) is 0 Å². The van der Waals surface area contributed by atoms with Crippen molar-refractivity contribution in [3.05, 3.63) is 88.2 Å². The van der Waals surface area contributed by atoms with Gasteiger partial charge in [0, 0.05) is 29.6 Å². The van der Waals surface area contributed by atoms with Gasteiger partial charge in [0.2, 0.25) is 5.95 Å². The Morgan fingerprint density at radius 1 is 1.00 bits per heavy atom. The Morgan fingerprint density at radius 2 is 1.80 bits per heavy atom. The predicted molar refractivity (Wildman–Crippen MR) is 123 cm³/mol. The van der Waals surface area contributed by atoms with Crippen molar-refractivity contribution in [3.63, 3.8) is 0 Å². The summed E-state index contributed by atoms with van der Waals surface area (Å²) in [6.45, 7) is 0. The van der Waals surface area contributed by atoms with E-state index in [1.807, 2.05) is 24.3 Å². The first-order valence-corrected chi connectivity index (χ1v) is 10.8. The van der Waals surface area contributed by atoms with Crippen LogP contribution in [0.3, 0.4) is 0 Å². The van der Waals surface area contributed by atoms with E-state index >= 15 is 0 Å². The molecule has 2 heterocycles. The standard InChI is InChI=1S/C23H21BrN6/c24-18-14-25-23(28-22(18)27-21-13-20(29-30-21)16-10-11-16)26-19-9-5-4-8-17(19)12-15-6-2-1-3-7-15/h1-9,13-14,16H,10-12H2,(H3,25,26,27,28,29,30). The fourth-order valence-corrected chi connectivity index (χ4v) is 3.66. The largest absolute Gasteiger partial charge is 0.324 e. The molecule has 7 heteroatoms. The molecule has 1 aliphatic rings. The fraction of sp³-hybridized carbons (Fsp3) is 0.174. The predicted octanol–water partition coefficient (Wildman–Crippen LogP) is 5.92. The van der Waals surface area contributed by atoms with E-state index < -0.39 is 0 Å². The molecule has 30 heavy (non-hydrogen) atoms. The minimum absolute atomic E-state index is 0.527. The monoisotopic (exact) mass is 460 g/mol. The maximum Gasteiger partial charge on any atom is 0.229 e. The lowest BCUT2D eigenvalue weighted by atomic mass is 10.0. The van der Waals surface area contributed by atoms with Crippen LogP contribution in [0, 0.1) is 0 Å². The molecule has 0 amide bonds. The third-order valence-corrected chi connectivity index (χ3v) is 5.69. The lowest BCUT2D eigenvalue weighted by Gasteiger charge is -2.12. The summed E-state index contributed by atoms with van der Waals surface area (Å²) < 4.78 is 0.779. The van der Waals surface area contributed by atoms with E-state index in [0.717, 1.165) is 22.4 Å². The molecule has 0 spiro atoms. The number of hydrogen-bond donors (Lipinski definition) is 3. The molecule has 6 nitrogen and oxygen atoms in total. The third kappa shape index (κ3) is 4.36. The first-order chi connectivity index (χ1) is 14.7. The van der Waals surface area contributed by atoms with Gasteiger partial charge in [-0.3, -0.25) is 5.10 Å². The molecule has 0 aliphatic heterocycles. The van der Waals surface area contributed by atoms with Gasteiger partial charge >= 0.3 is 0 Å². The smallest absolute Gasteiger partial charge is 0.229 e. The van der Waals surface area contributed by atoms with Gasteiger partial charge in [0.15, 0.2) is 11.6 Å². The first-order valence-electron chi connectivity index (χ1n) is 9.98. The van der Waals surface area contributed by atoms with E-state index in [2.05, 4.69) is 83.1 Å². The number of aromatic amines is 1. The van der Waals surface area contributed by atoms with Crippen molar-refractivity contribution in [1.82, 2.24) is 20.2 Å². The molecule has 1 fully saturated rings. The van der Waals surface area contributed by atoms with Crippen molar-refractivity contribution in [3.8, 4) is 0 Å². The number of anilines is 4. The van der Waals surface area contributed by atoms with Crippen LogP contribution in [0.2, 0.25) is 0 Å². The minimum Gasteiger partial charge on any atom is -0.324 e. The summed E-state index contributed by atoms with van der Waals surface area (Å²) in [6, 6.07) is 20.7. The van der Waals surface area contributed by atoms with Crippen molar-refractivity contribution < 1.29 is 0 Å². The molecule has 0 bridgehead atoms. The number of aromatic nitrogens is 4. The molecular formula is C23H21BrN6. The summed E-state index contributed by atoms with van der Waals surface area (Å²) in [7, 11) is 0. The molecule has 0 unspecified atom stereocenters. The van der Waals surface area contributed by atoms with Crippen LogP contribution in [0.1, 0.15) is 35.6 Å². The summed E-state index contributed by atoms with van der Waals surface area (Å²) in [5, 5.41) is 14.1. The molecule has 4 aromatic rings. The lowest BCUT2D eigenvalue weighted by molar-refractivity contribution is 0.966. The average Bonchev–Trinajstić information content (AvgIpc) is 3.52. The zero-order valence-corrected chi connectivity index (χ0v) is 17.9. The van der Waals surface area contributed by atoms with Crippen LogP contribution in [0.4, 0.5) is 23.3 Å². The van der Waals surface area contributed by atoms with Gasteiger partial charge < -0.3 is 10.6 Å². The van der Waals surface area contributed by atoms with Gasteiger partial charge in [-0.05, 0) is 52.4 Å². The number of benzene rings is 2. The van der Waals surface area contributed by atoms with Gasteiger partial charge in [-0.1, -0.05) is 48.5 Å². The molecule has 1 aliphatic carbocycles. The summed E-state index contributed by atoms with van der Waals surface area (Å²) in [5.74, 6) is 2.58. The second kappa shape index (κ2) is 8.28. The number of hydrogen-bond acceptors (Lipinski definition) is 5. The number of nitrogens with zero attached hydrogens (tertiary/aromatic N) is 3. The molecule has 150 valence electrons. The average molecular weight is 461 g/mol. The van der Waals surface area contributed by atoms with E-state index in [-0.39, 0.29) is 0 Å². The van der Waals surface area contributed by atoms with Crippen molar-refractivity contribution >= 4 is 39.2 Å². The van der Waals surface area contributed by atoms with Gasteiger partial charge in [-0.25, -0.2) is 4.98 Å². The molecule has 0 atom stereocenters. The Kier molecular flexibility index (Phi) is 5.19. The van der Waals surface area contributed by atoms with E-state index in [9.17, 15) is 0 Å². The maximum absolute atomic E-state index is 4.65. The number of nitrogens with one attached hydrogen (secondary N) is 3. The molecule has 1 saturated carbocycles. The number of halogens is 1. The van der Waals surface area contributed by atoms with E-state index in [0.29, 0.717) is 17.7 Å². The van der Waals surface area contributed by atoms with Crippen molar-refractivity contribution in [1.29, 1.82) is 0 Å². The molecule has 2 aromatic heterocycles. The Bertz CT molecular complexity index is 1150. The normalized spacial score (nSPS) is 13.2. The SMILES string of the molecule is Brc1cnc(Nc2ccccc2Cc2ccccc2)nc1Nc1cc(C2CC2)[nH]n1. The quantitative estimate of drug-likeness (QED) is 0.319. The van der Waals surface area contributed by atoms with Gasteiger partial charge in [-0.15, -0.1) is 0 Å². The Morgan fingerprint density at radius 3 is 2.63 bits per heavy atom. The summed E-state index contributed by atoms with van der Waals surface area (Å²) >= 11 is 3.53. The molecule has 0 saturated heterocycles. The Labute approximate surface area is 183 Å². The number of para-hydroxylation sites is 1. The zero-order chi connectivity index (χ0) is 20.3. The second-order valence-electron chi connectivity index (χ2n) is 7.44. The summed E-state index contributed by atoms with van der Waals surface area (Å²) in [4.78, 5) is 9.08. The minimum atomic E-state index is 0.527. The zero-order valence-electron chi connectivity index (χ0n) is 16.3. The van der Waals surface area contributed by atoms with Crippen LogP contribution in [0.5, 0.6) is 0 Å². The summed E-state index contributed by atoms with van der Waals surface area (Å²) in [6.07, 6.45) is 5.04. The number of H-pyrrole nitrogens is 1. The van der Waals surface area contributed by atoms with Crippen LogP contribution in [0.15, 0.2) is 71.3 Å². The van der Waals surface area contributed by atoms with Crippen LogP contribution < -0.4 is 10.6 Å². The molecule has 3 N–H and O–H groups in total. The second-order valence-corrected chi connectivity index (χ2v) is 8.30. The van der Waals surface area contributed by atoms with Crippen LogP contribution in [-0.2, 0) is 6.42 Å². The number of rotatable bonds is 7. The topological polar surface area (TPSA) is 78.5 Å². The molecule has 2 aromatic carbocycles. The Balaban J connectivity index is 1.36. The highest BCUT2D eigenvalue weighted by atomic mass is 79.9. The lowest BCUT2D eigenvalue weighted by Crippen LogP contribution is -2.03. The molecule has 0 radical (unpaired) electrons. The van der Waals surface area contributed by atoms with Gasteiger partial charge in [0.25, 0.3) is 0 Å². The van der Waals surface area contributed by atoms with Crippen molar-refractivity contribution in [2.24, 2.45) is 0 Å². The maximum atomic E-state index is 4.65. The highest BCUT2D eigenvalue weighted by Gasteiger charge is 2.25. The van der Waals surface area contributed by atoms with Crippen molar-refractivity contribution in [2.75, 3.05) is 10.6 Å². The van der Waals surface area contributed by atoms with E-state index in [1.54, 1.807) is 6.20 Å². The van der Waals surface area contributed by atoms with E-state index in [4.69, 9.17) is 0 Å². The molecular weight excluding hydrogens is 440 g/mol.